The Hall–Kier alpha value is -1.55. The number of hydrogen-bond acceptors (Lipinski definition) is 4. The van der Waals surface area contributed by atoms with E-state index in [1.54, 1.807) is 12.1 Å². The van der Waals surface area contributed by atoms with Crippen molar-refractivity contribution in [2.24, 2.45) is 5.73 Å². The first kappa shape index (κ1) is 11.5. The lowest BCUT2D eigenvalue weighted by Gasteiger charge is -2.15. The zero-order chi connectivity index (χ0) is 11.3. The normalized spacial score (nSPS) is 11.9. The number of para-hydroxylation sites is 1. The molecule has 1 aromatic carbocycles. The minimum atomic E-state index is -0.345. The third kappa shape index (κ3) is 2.95. The topological polar surface area (TPSA) is 64.3 Å². The van der Waals surface area contributed by atoms with Crippen LogP contribution in [-0.2, 0) is 4.74 Å². The van der Waals surface area contributed by atoms with Gasteiger partial charge in [0.15, 0.2) is 0 Å². The van der Waals surface area contributed by atoms with Gasteiger partial charge in [-0.15, -0.1) is 0 Å². The average molecular weight is 208 g/mol. The summed E-state index contributed by atoms with van der Waals surface area (Å²) in [5, 5.41) is 3.15. The molecule has 0 saturated heterocycles. The van der Waals surface area contributed by atoms with E-state index in [0.29, 0.717) is 12.1 Å². The molecule has 1 rings (SSSR count). The fraction of sp³-hybridized carbons (Fsp3) is 0.364. The van der Waals surface area contributed by atoms with Crippen molar-refractivity contribution in [3.05, 3.63) is 29.8 Å². The van der Waals surface area contributed by atoms with E-state index in [4.69, 9.17) is 5.73 Å². The zero-order valence-corrected chi connectivity index (χ0v) is 8.99. The lowest BCUT2D eigenvalue weighted by Crippen LogP contribution is -2.26. The van der Waals surface area contributed by atoms with Crippen LogP contribution in [-0.4, -0.2) is 25.7 Å². The maximum atomic E-state index is 11.4. The van der Waals surface area contributed by atoms with Gasteiger partial charge in [-0.3, -0.25) is 0 Å². The Labute approximate surface area is 89.4 Å². The third-order valence-electron chi connectivity index (χ3n) is 2.09. The Bertz CT molecular complexity index is 339. The second kappa shape index (κ2) is 5.36. The van der Waals surface area contributed by atoms with Gasteiger partial charge in [0.05, 0.1) is 12.7 Å². The fourth-order valence-electron chi connectivity index (χ4n) is 1.22. The largest absolute Gasteiger partial charge is 0.465 e. The lowest BCUT2D eigenvalue weighted by molar-refractivity contribution is 0.0602. The summed E-state index contributed by atoms with van der Waals surface area (Å²) in [7, 11) is 1.37. The van der Waals surface area contributed by atoms with Gasteiger partial charge in [0.1, 0.15) is 0 Å². The van der Waals surface area contributed by atoms with Crippen molar-refractivity contribution in [3.63, 3.8) is 0 Å². The van der Waals surface area contributed by atoms with Gasteiger partial charge in [-0.25, -0.2) is 4.79 Å². The van der Waals surface area contributed by atoms with E-state index in [1.165, 1.54) is 7.11 Å². The molecule has 0 aliphatic heterocycles. The first-order valence-corrected chi connectivity index (χ1v) is 4.83. The molecule has 3 N–H and O–H groups in total. The van der Waals surface area contributed by atoms with Crippen molar-refractivity contribution in [1.29, 1.82) is 0 Å². The predicted molar refractivity (Wildman–Crippen MR) is 59.9 cm³/mol. The number of anilines is 1. The smallest absolute Gasteiger partial charge is 0.339 e. The first-order chi connectivity index (χ1) is 7.19. The third-order valence-corrected chi connectivity index (χ3v) is 2.09. The summed E-state index contributed by atoms with van der Waals surface area (Å²) in [6.07, 6.45) is 0. The van der Waals surface area contributed by atoms with Gasteiger partial charge in [0, 0.05) is 18.3 Å². The van der Waals surface area contributed by atoms with Gasteiger partial charge in [-0.05, 0) is 19.1 Å². The molecule has 82 valence electrons. The lowest BCUT2D eigenvalue weighted by atomic mass is 10.1. The van der Waals surface area contributed by atoms with Gasteiger partial charge >= 0.3 is 5.97 Å². The number of nitrogens with two attached hydrogens (primary N) is 1. The van der Waals surface area contributed by atoms with Crippen molar-refractivity contribution < 1.29 is 9.53 Å². The Kier molecular flexibility index (Phi) is 4.12. The first-order valence-electron chi connectivity index (χ1n) is 4.83. The van der Waals surface area contributed by atoms with Crippen LogP contribution in [0.2, 0.25) is 0 Å². The number of carbonyl (C=O) groups excluding carboxylic acids is 1. The number of methoxy groups -OCH3 is 1. The number of nitrogens with one attached hydrogen (secondary N) is 1. The van der Waals surface area contributed by atoms with Crippen LogP contribution in [0.3, 0.4) is 0 Å². The van der Waals surface area contributed by atoms with E-state index >= 15 is 0 Å². The van der Waals surface area contributed by atoms with E-state index < -0.39 is 0 Å². The summed E-state index contributed by atoms with van der Waals surface area (Å²) in [5.74, 6) is -0.345. The molecule has 0 bridgehead atoms. The van der Waals surface area contributed by atoms with Crippen molar-refractivity contribution >= 4 is 11.7 Å². The number of rotatable bonds is 4. The van der Waals surface area contributed by atoms with Crippen molar-refractivity contribution in [1.82, 2.24) is 0 Å². The number of benzene rings is 1. The van der Waals surface area contributed by atoms with Crippen LogP contribution in [0.1, 0.15) is 17.3 Å². The molecule has 1 unspecified atom stereocenters. The Balaban J connectivity index is 2.91. The van der Waals surface area contributed by atoms with E-state index in [2.05, 4.69) is 10.1 Å². The summed E-state index contributed by atoms with van der Waals surface area (Å²) >= 11 is 0. The highest BCUT2D eigenvalue weighted by Gasteiger charge is 2.11. The zero-order valence-electron chi connectivity index (χ0n) is 8.99. The van der Waals surface area contributed by atoms with Crippen molar-refractivity contribution in [2.45, 2.75) is 13.0 Å². The summed E-state index contributed by atoms with van der Waals surface area (Å²) in [6.45, 7) is 2.46. The Morgan fingerprint density at radius 1 is 1.53 bits per heavy atom. The molecule has 4 nitrogen and oxygen atoms in total. The SMILES string of the molecule is COC(=O)c1ccccc1NC(C)CN. The van der Waals surface area contributed by atoms with Gasteiger partial charge in [-0.1, -0.05) is 12.1 Å². The van der Waals surface area contributed by atoms with Crippen LogP contribution in [0, 0.1) is 0 Å². The van der Waals surface area contributed by atoms with Crippen molar-refractivity contribution in [3.8, 4) is 0 Å². The van der Waals surface area contributed by atoms with Crippen LogP contribution >= 0.6 is 0 Å². The highest BCUT2D eigenvalue weighted by atomic mass is 16.5. The fourth-order valence-corrected chi connectivity index (χ4v) is 1.22. The molecule has 1 atom stereocenters. The average Bonchev–Trinajstić information content (AvgIpc) is 2.28. The minimum Gasteiger partial charge on any atom is -0.465 e. The highest BCUT2D eigenvalue weighted by Crippen LogP contribution is 2.16. The molecule has 0 heterocycles. The molecular formula is C11H16N2O2. The van der Waals surface area contributed by atoms with Gasteiger partial charge in [0.25, 0.3) is 0 Å². The van der Waals surface area contributed by atoms with Crippen LogP contribution in [0.4, 0.5) is 5.69 Å². The Morgan fingerprint density at radius 2 is 2.20 bits per heavy atom. The maximum absolute atomic E-state index is 11.4. The van der Waals surface area contributed by atoms with E-state index in [1.807, 2.05) is 19.1 Å². The maximum Gasteiger partial charge on any atom is 0.339 e. The molecule has 15 heavy (non-hydrogen) atoms. The molecule has 0 aliphatic rings. The quantitative estimate of drug-likeness (QED) is 0.730. The summed E-state index contributed by atoms with van der Waals surface area (Å²) in [4.78, 5) is 11.4. The molecule has 0 spiro atoms. The molecule has 0 fully saturated rings. The second-order valence-electron chi connectivity index (χ2n) is 3.32. The number of carbonyl (C=O) groups is 1. The monoisotopic (exact) mass is 208 g/mol. The molecule has 1 aromatic rings. The molecular weight excluding hydrogens is 192 g/mol. The van der Waals surface area contributed by atoms with Gasteiger partial charge in [0.2, 0.25) is 0 Å². The second-order valence-corrected chi connectivity index (χ2v) is 3.32. The van der Waals surface area contributed by atoms with E-state index in [9.17, 15) is 4.79 Å². The minimum absolute atomic E-state index is 0.121. The van der Waals surface area contributed by atoms with Crippen LogP contribution in [0.5, 0.6) is 0 Å². The summed E-state index contributed by atoms with van der Waals surface area (Å²) in [5.41, 5.74) is 6.78. The van der Waals surface area contributed by atoms with E-state index in [0.717, 1.165) is 5.69 Å². The van der Waals surface area contributed by atoms with Gasteiger partial charge < -0.3 is 15.8 Å². The molecule has 0 amide bonds. The van der Waals surface area contributed by atoms with Crippen LogP contribution in [0.25, 0.3) is 0 Å². The number of esters is 1. The van der Waals surface area contributed by atoms with Crippen LogP contribution in [0.15, 0.2) is 24.3 Å². The molecule has 0 radical (unpaired) electrons. The highest BCUT2D eigenvalue weighted by molar-refractivity contribution is 5.95. The summed E-state index contributed by atoms with van der Waals surface area (Å²) < 4.78 is 4.68. The molecule has 0 aromatic heterocycles. The molecule has 0 saturated carbocycles. The molecule has 4 heteroatoms. The number of hydrogen-bond donors (Lipinski definition) is 2. The predicted octanol–water partition coefficient (Wildman–Crippen LogP) is 1.23. The Morgan fingerprint density at radius 3 is 2.80 bits per heavy atom. The standard InChI is InChI=1S/C11H16N2O2/c1-8(7-12)13-10-6-4-3-5-9(10)11(14)15-2/h3-6,8,13H,7,12H2,1-2H3. The molecule has 0 aliphatic carbocycles. The summed E-state index contributed by atoms with van der Waals surface area (Å²) in [6, 6.07) is 7.33. The van der Waals surface area contributed by atoms with E-state index in [-0.39, 0.29) is 12.0 Å². The van der Waals surface area contributed by atoms with Gasteiger partial charge in [-0.2, -0.15) is 0 Å². The number of ether oxygens (including phenoxy) is 1. The van der Waals surface area contributed by atoms with Crippen molar-refractivity contribution in [2.75, 3.05) is 19.0 Å². The van der Waals surface area contributed by atoms with Crippen LogP contribution < -0.4 is 11.1 Å².